The third-order valence-electron chi connectivity index (χ3n) is 3.41. The SMILES string of the molecule is CC1C(=O)N(CC(=O)C2CC2)C(=O)C1C. The molecular formula is C11H15NO3. The van der Waals surface area contributed by atoms with Crippen LogP contribution in [0.5, 0.6) is 0 Å². The molecule has 0 aromatic carbocycles. The van der Waals surface area contributed by atoms with Crippen molar-refractivity contribution in [1.29, 1.82) is 0 Å². The minimum Gasteiger partial charge on any atom is -0.297 e. The molecule has 0 bridgehead atoms. The molecule has 4 nitrogen and oxygen atoms in total. The van der Waals surface area contributed by atoms with Gasteiger partial charge in [-0.15, -0.1) is 0 Å². The zero-order chi connectivity index (χ0) is 11.2. The first kappa shape index (κ1) is 10.3. The Morgan fingerprint density at radius 3 is 2.07 bits per heavy atom. The number of likely N-dealkylation sites (tertiary alicyclic amines) is 1. The average molecular weight is 209 g/mol. The minimum absolute atomic E-state index is 0.00296. The van der Waals surface area contributed by atoms with Crippen LogP contribution in [0.25, 0.3) is 0 Å². The molecule has 2 atom stereocenters. The summed E-state index contributed by atoms with van der Waals surface area (Å²) in [5.41, 5.74) is 0. The molecule has 2 fully saturated rings. The maximum absolute atomic E-state index is 11.7. The van der Waals surface area contributed by atoms with Gasteiger partial charge >= 0.3 is 0 Å². The Hall–Kier alpha value is -1.19. The highest BCUT2D eigenvalue weighted by molar-refractivity contribution is 6.07. The molecule has 2 amide bonds. The van der Waals surface area contributed by atoms with E-state index in [4.69, 9.17) is 0 Å². The van der Waals surface area contributed by atoms with E-state index in [-0.39, 0.29) is 41.9 Å². The molecule has 4 heteroatoms. The number of imide groups is 1. The van der Waals surface area contributed by atoms with Gasteiger partial charge in [-0.3, -0.25) is 19.3 Å². The van der Waals surface area contributed by atoms with E-state index in [1.54, 1.807) is 13.8 Å². The molecule has 2 rings (SSSR count). The van der Waals surface area contributed by atoms with Crippen LogP contribution in [0.4, 0.5) is 0 Å². The molecule has 1 saturated carbocycles. The lowest BCUT2D eigenvalue weighted by atomic mass is 10.00. The van der Waals surface area contributed by atoms with E-state index in [0.29, 0.717) is 0 Å². The standard InChI is InChI=1S/C11H15NO3/c1-6-7(2)11(15)12(10(6)14)5-9(13)8-3-4-8/h6-8H,3-5H2,1-2H3. The van der Waals surface area contributed by atoms with Gasteiger partial charge in [0.2, 0.25) is 11.8 Å². The van der Waals surface area contributed by atoms with Crippen molar-refractivity contribution in [2.45, 2.75) is 26.7 Å². The van der Waals surface area contributed by atoms with E-state index >= 15 is 0 Å². The van der Waals surface area contributed by atoms with E-state index < -0.39 is 0 Å². The first-order chi connectivity index (χ1) is 7.02. The fourth-order valence-electron chi connectivity index (χ4n) is 1.87. The zero-order valence-electron chi connectivity index (χ0n) is 9.03. The maximum Gasteiger partial charge on any atom is 0.233 e. The highest BCUT2D eigenvalue weighted by Gasteiger charge is 2.44. The monoisotopic (exact) mass is 209 g/mol. The second kappa shape index (κ2) is 3.43. The summed E-state index contributed by atoms with van der Waals surface area (Å²) in [7, 11) is 0. The average Bonchev–Trinajstić information content (AvgIpc) is 3.02. The van der Waals surface area contributed by atoms with Crippen molar-refractivity contribution >= 4 is 17.6 Å². The Morgan fingerprint density at radius 1 is 1.20 bits per heavy atom. The van der Waals surface area contributed by atoms with Gasteiger partial charge in [-0.25, -0.2) is 0 Å². The van der Waals surface area contributed by atoms with Crippen molar-refractivity contribution in [2.75, 3.05) is 6.54 Å². The Labute approximate surface area is 88.6 Å². The maximum atomic E-state index is 11.7. The largest absolute Gasteiger partial charge is 0.297 e. The molecule has 1 saturated heterocycles. The van der Waals surface area contributed by atoms with Gasteiger partial charge in [0.15, 0.2) is 5.78 Å². The van der Waals surface area contributed by atoms with Gasteiger partial charge in [-0.2, -0.15) is 0 Å². The van der Waals surface area contributed by atoms with Crippen LogP contribution in [0.1, 0.15) is 26.7 Å². The molecule has 1 aliphatic heterocycles. The lowest BCUT2D eigenvalue weighted by molar-refractivity contribution is -0.143. The van der Waals surface area contributed by atoms with E-state index in [2.05, 4.69) is 0 Å². The number of hydrogen-bond acceptors (Lipinski definition) is 3. The number of amides is 2. The van der Waals surface area contributed by atoms with Crippen LogP contribution in [0.3, 0.4) is 0 Å². The van der Waals surface area contributed by atoms with Crippen LogP contribution >= 0.6 is 0 Å². The number of Topliss-reactive ketones (excluding diaryl/α,β-unsaturated/α-hetero) is 1. The third kappa shape index (κ3) is 1.68. The molecular weight excluding hydrogens is 194 g/mol. The minimum atomic E-state index is -0.274. The third-order valence-corrected chi connectivity index (χ3v) is 3.41. The highest BCUT2D eigenvalue weighted by atomic mass is 16.2. The molecule has 0 aromatic heterocycles. The van der Waals surface area contributed by atoms with Crippen molar-refractivity contribution in [3.8, 4) is 0 Å². The fraction of sp³-hybridized carbons (Fsp3) is 0.727. The Morgan fingerprint density at radius 2 is 1.67 bits per heavy atom. The Bertz CT molecular complexity index is 313. The predicted molar refractivity (Wildman–Crippen MR) is 52.8 cm³/mol. The van der Waals surface area contributed by atoms with Crippen molar-refractivity contribution in [1.82, 2.24) is 4.90 Å². The number of hydrogen-bond donors (Lipinski definition) is 0. The number of carbonyl (C=O) groups excluding carboxylic acids is 3. The van der Waals surface area contributed by atoms with Crippen LogP contribution < -0.4 is 0 Å². The smallest absolute Gasteiger partial charge is 0.233 e. The first-order valence-electron chi connectivity index (χ1n) is 5.40. The Balaban J connectivity index is 2.05. The molecule has 2 aliphatic rings. The van der Waals surface area contributed by atoms with Gasteiger partial charge in [0.25, 0.3) is 0 Å². The van der Waals surface area contributed by atoms with Crippen LogP contribution in [0, 0.1) is 17.8 Å². The summed E-state index contributed by atoms with van der Waals surface area (Å²) in [4.78, 5) is 36.0. The zero-order valence-corrected chi connectivity index (χ0v) is 9.03. The van der Waals surface area contributed by atoms with Gasteiger partial charge < -0.3 is 0 Å². The summed E-state index contributed by atoms with van der Waals surface area (Å²) >= 11 is 0. The van der Waals surface area contributed by atoms with Gasteiger partial charge in [0.1, 0.15) is 0 Å². The summed E-state index contributed by atoms with van der Waals surface area (Å²) in [5, 5.41) is 0. The molecule has 0 aromatic rings. The fourth-order valence-corrected chi connectivity index (χ4v) is 1.87. The van der Waals surface area contributed by atoms with Gasteiger partial charge in [-0.05, 0) is 12.8 Å². The van der Waals surface area contributed by atoms with Gasteiger partial charge in [0, 0.05) is 17.8 Å². The Kier molecular flexibility index (Phi) is 2.37. The number of carbonyl (C=O) groups is 3. The molecule has 15 heavy (non-hydrogen) atoms. The molecule has 0 N–H and O–H groups in total. The summed E-state index contributed by atoms with van der Waals surface area (Å²) in [6.07, 6.45) is 1.83. The number of ketones is 1. The number of rotatable bonds is 3. The molecule has 82 valence electrons. The molecule has 1 heterocycles. The highest BCUT2D eigenvalue weighted by Crippen LogP contribution is 2.31. The van der Waals surface area contributed by atoms with Crippen molar-refractivity contribution in [3.05, 3.63) is 0 Å². The lowest BCUT2D eigenvalue weighted by Crippen LogP contribution is -2.36. The van der Waals surface area contributed by atoms with Crippen LogP contribution in [0.15, 0.2) is 0 Å². The molecule has 0 spiro atoms. The summed E-state index contributed by atoms with van der Waals surface area (Å²) in [5.74, 6) is -0.785. The van der Waals surface area contributed by atoms with Crippen molar-refractivity contribution < 1.29 is 14.4 Å². The molecule has 2 unspecified atom stereocenters. The second-order valence-corrected chi connectivity index (χ2v) is 4.58. The van der Waals surface area contributed by atoms with E-state index in [1.807, 2.05) is 0 Å². The van der Waals surface area contributed by atoms with E-state index in [0.717, 1.165) is 17.7 Å². The van der Waals surface area contributed by atoms with E-state index in [1.165, 1.54) is 0 Å². The molecule has 0 radical (unpaired) electrons. The first-order valence-corrected chi connectivity index (χ1v) is 5.40. The van der Waals surface area contributed by atoms with Crippen LogP contribution in [0.2, 0.25) is 0 Å². The van der Waals surface area contributed by atoms with Crippen LogP contribution in [-0.2, 0) is 14.4 Å². The van der Waals surface area contributed by atoms with Crippen molar-refractivity contribution in [3.63, 3.8) is 0 Å². The normalized spacial score (nSPS) is 31.2. The van der Waals surface area contributed by atoms with Crippen LogP contribution in [-0.4, -0.2) is 29.0 Å². The predicted octanol–water partition coefficient (Wildman–Crippen LogP) is 0.606. The topological polar surface area (TPSA) is 54.5 Å². The quantitative estimate of drug-likeness (QED) is 0.640. The van der Waals surface area contributed by atoms with Gasteiger partial charge in [-0.1, -0.05) is 13.8 Å². The summed E-state index contributed by atoms with van der Waals surface area (Å²) < 4.78 is 0. The second-order valence-electron chi connectivity index (χ2n) is 4.58. The van der Waals surface area contributed by atoms with E-state index in [9.17, 15) is 14.4 Å². The summed E-state index contributed by atoms with van der Waals surface area (Å²) in [6, 6.07) is 0. The number of nitrogens with zero attached hydrogens (tertiary/aromatic N) is 1. The molecule has 1 aliphatic carbocycles. The summed E-state index contributed by atoms with van der Waals surface area (Å²) in [6.45, 7) is 3.48. The van der Waals surface area contributed by atoms with Gasteiger partial charge in [0.05, 0.1) is 6.54 Å². The lowest BCUT2D eigenvalue weighted by Gasteiger charge is -2.12. The van der Waals surface area contributed by atoms with Crippen molar-refractivity contribution in [2.24, 2.45) is 17.8 Å².